The lowest BCUT2D eigenvalue weighted by molar-refractivity contribution is 0.108. The fraction of sp³-hybridized carbons (Fsp3) is 1.00. The van der Waals surface area contributed by atoms with Crippen molar-refractivity contribution in [2.45, 2.75) is 39.3 Å². The SMILES string of the molecule is CC(C)C1CN(CC2CCS(=O)(=O)C2)C(C)CN1. The number of nitrogens with one attached hydrogen (secondary N) is 1. The lowest BCUT2D eigenvalue weighted by atomic mass is 9.98. The summed E-state index contributed by atoms with van der Waals surface area (Å²) in [6.45, 7) is 9.73. The molecule has 2 heterocycles. The van der Waals surface area contributed by atoms with Gasteiger partial charge in [0, 0.05) is 31.7 Å². The minimum absolute atomic E-state index is 0.350. The molecule has 0 aromatic carbocycles. The van der Waals surface area contributed by atoms with Crippen LogP contribution < -0.4 is 5.32 Å². The zero-order chi connectivity index (χ0) is 13.3. The molecule has 2 rings (SSSR count). The molecule has 0 amide bonds. The van der Waals surface area contributed by atoms with E-state index in [1.54, 1.807) is 0 Å². The van der Waals surface area contributed by atoms with Crippen molar-refractivity contribution in [2.75, 3.05) is 31.1 Å². The normalized spacial score (nSPS) is 37.2. The van der Waals surface area contributed by atoms with Crippen LogP contribution in [0.5, 0.6) is 0 Å². The number of nitrogens with zero attached hydrogens (tertiary/aromatic N) is 1. The zero-order valence-corrected chi connectivity index (χ0v) is 12.5. The first-order valence-electron chi connectivity index (χ1n) is 7.05. The molecule has 5 heteroatoms. The molecular formula is C13H26N2O2S. The van der Waals surface area contributed by atoms with E-state index in [4.69, 9.17) is 0 Å². The van der Waals surface area contributed by atoms with Gasteiger partial charge in [0.2, 0.25) is 0 Å². The summed E-state index contributed by atoms with van der Waals surface area (Å²) in [5.41, 5.74) is 0. The van der Waals surface area contributed by atoms with Crippen molar-refractivity contribution in [3.05, 3.63) is 0 Å². The van der Waals surface area contributed by atoms with Crippen LogP contribution in [-0.2, 0) is 9.84 Å². The first-order chi connectivity index (χ1) is 8.37. The molecule has 0 aromatic rings. The number of sulfone groups is 1. The van der Waals surface area contributed by atoms with E-state index in [2.05, 4.69) is 31.0 Å². The maximum atomic E-state index is 11.5. The second-order valence-electron chi connectivity index (χ2n) is 6.33. The molecule has 4 nitrogen and oxygen atoms in total. The van der Waals surface area contributed by atoms with Gasteiger partial charge >= 0.3 is 0 Å². The number of hydrogen-bond donors (Lipinski definition) is 1. The molecule has 0 aliphatic carbocycles. The minimum atomic E-state index is -2.74. The fourth-order valence-corrected chi connectivity index (χ4v) is 4.85. The van der Waals surface area contributed by atoms with Crippen LogP contribution in [0, 0.1) is 11.8 Å². The second kappa shape index (κ2) is 5.47. The molecule has 0 aromatic heterocycles. The van der Waals surface area contributed by atoms with E-state index in [1.807, 2.05) is 0 Å². The Kier molecular flexibility index (Phi) is 4.34. The van der Waals surface area contributed by atoms with Gasteiger partial charge in [-0.3, -0.25) is 4.90 Å². The summed E-state index contributed by atoms with van der Waals surface area (Å²) in [4.78, 5) is 2.48. The number of rotatable bonds is 3. The van der Waals surface area contributed by atoms with E-state index >= 15 is 0 Å². The lowest BCUT2D eigenvalue weighted by Gasteiger charge is -2.41. The van der Waals surface area contributed by atoms with Crippen LogP contribution >= 0.6 is 0 Å². The van der Waals surface area contributed by atoms with Gasteiger partial charge in [0.1, 0.15) is 0 Å². The highest BCUT2D eigenvalue weighted by Crippen LogP contribution is 2.22. The summed E-state index contributed by atoms with van der Waals surface area (Å²) < 4.78 is 23.0. The first-order valence-corrected chi connectivity index (χ1v) is 8.87. The third-order valence-corrected chi connectivity index (χ3v) is 6.19. The summed E-state index contributed by atoms with van der Waals surface area (Å²) >= 11 is 0. The van der Waals surface area contributed by atoms with Gasteiger partial charge in [0.05, 0.1) is 11.5 Å². The van der Waals surface area contributed by atoms with Crippen LogP contribution in [0.15, 0.2) is 0 Å². The Bertz CT molecular complexity index is 380. The summed E-state index contributed by atoms with van der Waals surface area (Å²) in [5, 5.41) is 3.58. The average molecular weight is 274 g/mol. The highest BCUT2D eigenvalue weighted by Gasteiger charge is 2.33. The van der Waals surface area contributed by atoms with E-state index in [0.29, 0.717) is 35.4 Å². The van der Waals surface area contributed by atoms with Gasteiger partial charge in [-0.25, -0.2) is 8.42 Å². The predicted octanol–water partition coefficient (Wildman–Crippen LogP) is 0.739. The largest absolute Gasteiger partial charge is 0.311 e. The monoisotopic (exact) mass is 274 g/mol. The van der Waals surface area contributed by atoms with E-state index in [1.165, 1.54) is 0 Å². The maximum absolute atomic E-state index is 11.5. The summed E-state index contributed by atoms with van der Waals surface area (Å²) in [6.07, 6.45) is 0.853. The lowest BCUT2D eigenvalue weighted by Crippen LogP contribution is -2.58. The minimum Gasteiger partial charge on any atom is -0.311 e. The smallest absolute Gasteiger partial charge is 0.150 e. The van der Waals surface area contributed by atoms with Crippen LogP contribution in [-0.4, -0.2) is 56.5 Å². The van der Waals surface area contributed by atoms with Gasteiger partial charge in [-0.1, -0.05) is 13.8 Å². The van der Waals surface area contributed by atoms with Crippen molar-refractivity contribution in [1.82, 2.24) is 10.2 Å². The average Bonchev–Trinajstić information content (AvgIpc) is 2.61. The first kappa shape index (κ1) is 14.3. The van der Waals surface area contributed by atoms with Gasteiger partial charge in [0.25, 0.3) is 0 Å². The van der Waals surface area contributed by atoms with E-state index < -0.39 is 9.84 Å². The molecule has 0 radical (unpaired) electrons. The van der Waals surface area contributed by atoms with Gasteiger partial charge in [0.15, 0.2) is 9.84 Å². The van der Waals surface area contributed by atoms with Crippen molar-refractivity contribution in [2.24, 2.45) is 11.8 Å². The molecule has 2 aliphatic rings. The molecular weight excluding hydrogens is 248 g/mol. The highest BCUT2D eigenvalue weighted by atomic mass is 32.2. The van der Waals surface area contributed by atoms with Crippen molar-refractivity contribution in [3.8, 4) is 0 Å². The molecule has 2 aliphatic heterocycles. The molecule has 2 saturated heterocycles. The van der Waals surface area contributed by atoms with Gasteiger partial charge in [-0.15, -0.1) is 0 Å². The van der Waals surface area contributed by atoms with Crippen molar-refractivity contribution < 1.29 is 8.42 Å². The summed E-state index contributed by atoms with van der Waals surface area (Å²) in [7, 11) is -2.74. The van der Waals surface area contributed by atoms with Gasteiger partial charge < -0.3 is 5.32 Å². The van der Waals surface area contributed by atoms with Crippen molar-refractivity contribution in [1.29, 1.82) is 0 Å². The van der Waals surface area contributed by atoms with Crippen LogP contribution in [0.25, 0.3) is 0 Å². The van der Waals surface area contributed by atoms with Crippen molar-refractivity contribution >= 4 is 9.84 Å². The van der Waals surface area contributed by atoms with Gasteiger partial charge in [-0.2, -0.15) is 0 Å². The Morgan fingerprint density at radius 3 is 2.67 bits per heavy atom. The van der Waals surface area contributed by atoms with E-state index in [9.17, 15) is 8.42 Å². The van der Waals surface area contributed by atoms with Crippen LogP contribution in [0.2, 0.25) is 0 Å². The Balaban J connectivity index is 1.91. The number of hydrogen-bond acceptors (Lipinski definition) is 4. The summed E-state index contributed by atoms with van der Waals surface area (Å²) in [6, 6.07) is 1.06. The molecule has 2 fully saturated rings. The molecule has 3 atom stereocenters. The van der Waals surface area contributed by atoms with E-state index in [-0.39, 0.29) is 0 Å². The molecule has 106 valence electrons. The number of piperazine rings is 1. The third kappa shape index (κ3) is 3.45. The molecule has 1 N–H and O–H groups in total. The zero-order valence-electron chi connectivity index (χ0n) is 11.7. The standard InChI is InChI=1S/C13H26N2O2S/c1-10(2)13-8-15(11(3)6-14-13)7-12-4-5-18(16,17)9-12/h10-14H,4-9H2,1-3H3. The Morgan fingerprint density at radius 2 is 2.11 bits per heavy atom. The quantitative estimate of drug-likeness (QED) is 0.825. The molecule has 0 bridgehead atoms. The van der Waals surface area contributed by atoms with Crippen LogP contribution in [0.4, 0.5) is 0 Å². The van der Waals surface area contributed by atoms with Crippen molar-refractivity contribution in [3.63, 3.8) is 0 Å². The Hall–Kier alpha value is -0.130. The molecule has 18 heavy (non-hydrogen) atoms. The Morgan fingerprint density at radius 1 is 1.39 bits per heavy atom. The van der Waals surface area contributed by atoms with Gasteiger partial charge in [-0.05, 0) is 25.2 Å². The van der Waals surface area contributed by atoms with Crippen LogP contribution in [0.3, 0.4) is 0 Å². The molecule has 3 unspecified atom stereocenters. The maximum Gasteiger partial charge on any atom is 0.150 e. The third-order valence-electron chi connectivity index (χ3n) is 4.35. The topological polar surface area (TPSA) is 49.4 Å². The van der Waals surface area contributed by atoms with Crippen LogP contribution in [0.1, 0.15) is 27.2 Å². The molecule has 0 spiro atoms. The highest BCUT2D eigenvalue weighted by molar-refractivity contribution is 7.91. The molecule has 0 saturated carbocycles. The van der Waals surface area contributed by atoms with E-state index in [0.717, 1.165) is 26.1 Å². The Labute approximate surface area is 111 Å². The predicted molar refractivity (Wildman–Crippen MR) is 74.4 cm³/mol. The summed E-state index contributed by atoms with van der Waals surface area (Å²) in [5.74, 6) is 1.78. The second-order valence-corrected chi connectivity index (χ2v) is 8.56. The fourth-order valence-electron chi connectivity index (χ4n) is 3.00.